The molecule has 2 aliphatic rings. The molecule has 0 saturated carbocycles. The van der Waals surface area contributed by atoms with E-state index in [1.54, 1.807) is 0 Å². The molecule has 0 atom stereocenters. The number of piperidine rings is 2. The average molecular weight is 368 g/mol. The van der Waals surface area contributed by atoms with Crippen molar-refractivity contribution in [3.05, 3.63) is 36.0 Å². The lowest BCUT2D eigenvalue weighted by atomic mass is 9.89. The number of rotatable bonds is 7. The highest BCUT2D eigenvalue weighted by Crippen LogP contribution is 2.33. The van der Waals surface area contributed by atoms with E-state index in [1.165, 1.54) is 68.2 Å². The fourth-order valence-electron chi connectivity index (χ4n) is 4.81. The van der Waals surface area contributed by atoms with Crippen LogP contribution in [0.4, 0.5) is 0 Å². The van der Waals surface area contributed by atoms with Crippen LogP contribution in [-0.4, -0.2) is 53.4 Å². The maximum absolute atomic E-state index is 11.8. The van der Waals surface area contributed by atoms with Crippen LogP contribution in [0.3, 0.4) is 0 Å². The van der Waals surface area contributed by atoms with Crippen LogP contribution >= 0.6 is 0 Å². The van der Waals surface area contributed by atoms with Gasteiger partial charge in [-0.05, 0) is 75.7 Å². The summed E-state index contributed by atoms with van der Waals surface area (Å²) in [6.07, 6.45) is 11.5. The molecule has 1 aromatic heterocycles. The molecule has 0 aliphatic carbocycles. The van der Waals surface area contributed by atoms with Crippen LogP contribution in [0.25, 0.3) is 10.9 Å². The summed E-state index contributed by atoms with van der Waals surface area (Å²) in [4.78, 5) is 20.0. The van der Waals surface area contributed by atoms with Gasteiger partial charge in [0.25, 0.3) is 0 Å². The number of para-hydroxylation sites is 1. The zero-order valence-electron chi connectivity index (χ0n) is 16.5. The molecule has 0 radical (unpaired) electrons. The maximum atomic E-state index is 11.8. The SMILES string of the molecule is O=C1CCCCN1CCCCCN1CCC(c2c[nH]c3ccccc23)CC1. The second-order valence-corrected chi connectivity index (χ2v) is 8.30. The third-order valence-electron chi connectivity index (χ3n) is 6.47. The zero-order chi connectivity index (χ0) is 18.5. The molecule has 146 valence electrons. The van der Waals surface area contributed by atoms with Crippen molar-refractivity contribution in [3.8, 4) is 0 Å². The van der Waals surface area contributed by atoms with Gasteiger partial charge in [0.15, 0.2) is 0 Å². The highest BCUT2D eigenvalue weighted by Gasteiger charge is 2.22. The van der Waals surface area contributed by atoms with Crippen molar-refractivity contribution in [2.24, 2.45) is 0 Å². The van der Waals surface area contributed by atoms with E-state index in [9.17, 15) is 4.79 Å². The Hall–Kier alpha value is -1.81. The van der Waals surface area contributed by atoms with E-state index in [4.69, 9.17) is 0 Å². The molecule has 1 N–H and O–H groups in total. The van der Waals surface area contributed by atoms with Crippen LogP contribution in [0.1, 0.15) is 62.8 Å². The number of nitrogens with one attached hydrogen (secondary N) is 1. The molecule has 1 amide bonds. The zero-order valence-corrected chi connectivity index (χ0v) is 16.5. The highest BCUT2D eigenvalue weighted by atomic mass is 16.2. The van der Waals surface area contributed by atoms with Crippen molar-refractivity contribution in [1.82, 2.24) is 14.8 Å². The molecule has 2 fully saturated rings. The Morgan fingerprint density at radius 3 is 2.63 bits per heavy atom. The number of carbonyl (C=O) groups excluding carboxylic acids is 1. The lowest BCUT2D eigenvalue weighted by Gasteiger charge is -2.32. The predicted octanol–water partition coefficient (Wildman–Crippen LogP) is 4.53. The molecule has 2 saturated heterocycles. The minimum Gasteiger partial charge on any atom is -0.361 e. The van der Waals surface area contributed by atoms with E-state index < -0.39 is 0 Å². The number of likely N-dealkylation sites (tertiary alicyclic amines) is 2. The van der Waals surface area contributed by atoms with Gasteiger partial charge in [-0.15, -0.1) is 0 Å². The van der Waals surface area contributed by atoms with Gasteiger partial charge in [-0.2, -0.15) is 0 Å². The van der Waals surface area contributed by atoms with Crippen molar-refractivity contribution in [3.63, 3.8) is 0 Å². The molecule has 4 heteroatoms. The van der Waals surface area contributed by atoms with Crippen LogP contribution in [-0.2, 0) is 4.79 Å². The van der Waals surface area contributed by atoms with Gasteiger partial charge in [-0.3, -0.25) is 4.79 Å². The fraction of sp³-hybridized carbons (Fsp3) is 0.609. The summed E-state index contributed by atoms with van der Waals surface area (Å²) in [5, 5.41) is 1.41. The third-order valence-corrected chi connectivity index (χ3v) is 6.47. The smallest absolute Gasteiger partial charge is 0.222 e. The van der Waals surface area contributed by atoms with Crippen LogP contribution in [0.2, 0.25) is 0 Å². The highest BCUT2D eigenvalue weighted by molar-refractivity contribution is 5.83. The number of hydrogen-bond acceptors (Lipinski definition) is 2. The molecule has 2 aromatic rings. The van der Waals surface area contributed by atoms with Crippen molar-refractivity contribution >= 4 is 16.8 Å². The Morgan fingerprint density at radius 1 is 0.963 bits per heavy atom. The molecule has 0 bridgehead atoms. The molecule has 27 heavy (non-hydrogen) atoms. The lowest BCUT2D eigenvalue weighted by molar-refractivity contribution is -0.133. The number of hydrogen-bond donors (Lipinski definition) is 1. The summed E-state index contributed by atoms with van der Waals surface area (Å²) in [5.41, 5.74) is 2.78. The summed E-state index contributed by atoms with van der Waals surface area (Å²) < 4.78 is 0. The number of aromatic nitrogens is 1. The minimum absolute atomic E-state index is 0.376. The molecule has 3 heterocycles. The summed E-state index contributed by atoms with van der Waals surface area (Å²) in [6.45, 7) is 5.61. The number of nitrogens with zero attached hydrogens (tertiary/aromatic N) is 2. The fourth-order valence-corrected chi connectivity index (χ4v) is 4.81. The third kappa shape index (κ3) is 4.55. The average Bonchev–Trinajstić information content (AvgIpc) is 3.14. The van der Waals surface area contributed by atoms with E-state index in [2.05, 4.69) is 45.2 Å². The molecule has 0 unspecified atom stereocenters. The van der Waals surface area contributed by atoms with E-state index in [1.807, 2.05) is 0 Å². The first-order valence-corrected chi connectivity index (χ1v) is 10.9. The van der Waals surface area contributed by atoms with Gasteiger partial charge in [0.05, 0.1) is 0 Å². The molecule has 0 spiro atoms. The van der Waals surface area contributed by atoms with Crippen LogP contribution in [0.5, 0.6) is 0 Å². The second kappa shape index (κ2) is 8.92. The van der Waals surface area contributed by atoms with Gasteiger partial charge in [0, 0.05) is 36.6 Å². The summed E-state index contributed by atoms with van der Waals surface area (Å²) >= 11 is 0. The monoisotopic (exact) mass is 367 g/mol. The van der Waals surface area contributed by atoms with Gasteiger partial charge >= 0.3 is 0 Å². The number of amides is 1. The first-order chi connectivity index (χ1) is 13.3. The minimum atomic E-state index is 0.376. The Morgan fingerprint density at radius 2 is 1.78 bits per heavy atom. The Labute approximate surface area is 162 Å². The Balaban J connectivity index is 1.15. The maximum Gasteiger partial charge on any atom is 0.222 e. The first-order valence-electron chi connectivity index (χ1n) is 10.9. The first kappa shape index (κ1) is 18.5. The van der Waals surface area contributed by atoms with E-state index in [0.717, 1.165) is 32.4 Å². The molecule has 1 aromatic carbocycles. The molecule has 2 aliphatic heterocycles. The summed E-state index contributed by atoms with van der Waals surface area (Å²) in [7, 11) is 0. The topological polar surface area (TPSA) is 39.3 Å². The van der Waals surface area contributed by atoms with Crippen molar-refractivity contribution in [2.45, 2.75) is 57.3 Å². The van der Waals surface area contributed by atoms with E-state index in [0.29, 0.717) is 11.8 Å². The number of unbranched alkanes of at least 4 members (excludes halogenated alkanes) is 2. The normalized spacial score (nSPS) is 19.9. The van der Waals surface area contributed by atoms with Gasteiger partial charge in [-0.1, -0.05) is 24.6 Å². The van der Waals surface area contributed by atoms with E-state index in [-0.39, 0.29) is 0 Å². The number of benzene rings is 1. The lowest BCUT2D eigenvalue weighted by Crippen LogP contribution is -2.36. The van der Waals surface area contributed by atoms with Gasteiger partial charge in [0.1, 0.15) is 0 Å². The quantitative estimate of drug-likeness (QED) is 0.730. The summed E-state index contributed by atoms with van der Waals surface area (Å²) in [6, 6.07) is 8.67. The standard InChI is InChI=1S/C23H33N3O/c27-23-10-4-7-15-26(23)14-6-1-5-13-25-16-11-19(12-17-25)21-18-24-22-9-3-2-8-20(21)22/h2-3,8-9,18-19,24H,1,4-7,10-17H2. The van der Waals surface area contributed by atoms with E-state index >= 15 is 0 Å². The molecule has 4 nitrogen and oxygen atoms in total. The van der Waals surface area contributed by atoms with Crippen molar-refractivity contribution in [2.75, 3.05) is 32.7 Å². The van der Waals surface area contributed by atoms with Crippen LogP contribution in [0, 0.1) is 0 Å². The predicted molar refractivity (Wildman–Crippen MR) is 111 cm³/mol. The van der Waals surface area contributed by atoms with Gasteiger partial charge in [-0.25, -0.2) is 0 Å². The molecule has 4 rings (SSSR count). The molecular weight excluding hydrogens is 334 g/mol. The van der Waals surface area contributed by atoms with Crippen molar-refractivity contribution < 1.29 is 4.79 Å². The second-order valence-electron chi connectivity index (χ2n) is 8.30. The number of fused-ring (bicyclic) bond motifs is 1. The Bertz CT molecular complexity index is 745. The largest absolute Gasteiger partial charge is 0.361 e. The van der Waals surface area contributed by atoms with Crippen LogP contribution < -0.4 is 0 Å². The van der Waals surface area contributed by atoms with Gasteiger partial charge < -0.3 is 14.8 Å². The van der Waals surface area contributed by atoms with Crippen LogP contribution in [0.15, 0.2) is 30.5 Å². The van der Waals surface area contributed by atoms with Crippen molar-refractivity contribution in [1.29, 1.82) is 0 Å². The number of H-pyrrole nitrogens is 1. The Kier molecular flexibility index (Phi) is 6.13. The number of carbonyl (C=O) groups is 1. The summed E-state index contributed by atoms with van der Waals surface area (Å²) in [5.74, 6) is 1.07. The number of aromatic amines is 1. The van der Waals surface area contributed by atoms with Gasteiger partial charge in [0.2, 0.25) is 5.91 Å². The molecular formula is C23H33N3O.